The van der Waals surface area contributed by atoms with E-state index in [1.165, 1.54) is 28.2 Å². The van der Waals surface area contributed by atoms with Gasteiger partial charge in [0, 0.05) is 11.4 Å². The predicted molar refractivity (Wildman–Crippen MR) is 98.1 cm³/mol. The van der Waals surface area contributed by atoms with Crippen molar-refractivity contribution >= 4 is 17.3 Å². The lowest BCUT2D eigenvalue weighted by molar-refractivity contribution is 0.337. The number of thioether (sulfide) groups is 1. The second-order valence-electron chi connectivity index (χ2n) is 5.93. The van der Waals surface area contributed by atoms with Crippen molar-refractivity contribution in [1.82, 2.24) is 4.90 Å². The highest BCUT2D eigenvalue weighted by molar-refractivity contribution is 7.99. The van der Waals surface area contributed by atoms with Gasteiger partial charge in [-0.1, -0.05) is 45.9 Å². The second kappa shape index (κ2) is 10.1. The van der Waals surface area contributed by atoms with Gasteiger partial charge in [0.25, 0.3) is 0 Å². The summed E-state index contributed by atoms with van der Waals surface area (Å²) in [5, 5.41) is 0. The molecule has 0 heterocycles. The van der Waals surface area contributed by atoms with Crippen molar-refractivity contribution in [3.8, 4) is 0 Å². The van der Waals surface area contributed by atoms with Gasteiger partial charge in [-0.05, 0) is 61.4 Å². The molecule has 1 aromatic carbocycles. The summed E-state index contributed by atoms with van der Waals surface area (Å²) in [6.07, 6.45) is 3.63. The first-order valence-corrected chi connectivity index (χ1v) is 9.17. The molecule has 0 saturated carbocycles. The van der Waals surface area contributed by atoms with Crippen LogP contribution in [0.4, 0.5) is 0 Å². The highest BCUT2D eigenvalue weighted by Crippen LogP contribution is 2.23. The van der Waals surface area contributed by atoms with Crippen LogP contribution in [-0.2, 0) is 0 Å². The molecule has 2 heteroatoms. The van der Waals surface area contributed by atoms with E-state index in [0.717, 1.165) is 25.6 Å². The molecule has 0 atom stereocenters. The monoisotopic (exact) mass is 305 g/mol. The van der Waals surface area contributed by atoms with Gasteiger partial charge in [-0.2, -0.15) is 0 Å². The molecular formula is C19H31NS. The fraction of sp³-hybridized carbons (Fsp3) is 0.579. The largest absolute Gasteiger partial charge is 0.300 e. The van der Waals surface area contributed by atoms with E-state index in [1.54, 1.807) is 0 Å². The Morgan fingerprint density at radius 1 is 1.14 bits per heavy atom. The first kappa shape index (κ1) is 18.3. The first-order chi connectivity index (χ1) is 10.1. The Hall–Kier alpha value is -0.730. The third-order valence-corrected chi connectivity index (χ3v) is 4.87. The van der Waals surface area contributed by atoms with Gasteiger partial charge >= 0.3 is 0 Å². The molecule has 1 aromatic rings. The number of hydrogen-bond acceptors (Lipinski definition) is 2. The molecule has 0 radical (unpaired) electrons. The second-order valence-corrected chi connectivity index (χ2v) is 7.10. The standard InChI is InChI=1S/C19H31NS/c1-6-20(7-2)14-12-17(5)18-8-10-19(11-9-18)21-15-13-16(3)4/h8-12,16H,6-7,13-15H2,1-5H3. The van der Waals surface area contributed by atoms with Crippen LogP contribution in [0.25, 0.3) is 5.57 Å². The molecule has 21 heavy (non-hydrogen) atoms. The number of benzene rings is 1. The van der Waals surface area contributed by atoms with E-state index in [1.807, 2.05) is 11.8 Å². The normalized spacial score (nSPS) is 12.4. The summed E-state index contributed by atoms with van der Waals surface area (Å²) in [5.41, 5.74) is 2.72. The molecule has 0 amide bonds. The van der Waals surface area contributed by atoms with Crippen LogP contribution in [0.5, 0.6) is 0 Å². The fourth-order valence-corrected chi connectivity index (χ4v) is 3.25. The maximum Gasteiger partial charge on any atom is 0.0168 e. The Labute approximate surface area is 135 Å². The molecule has 0 unspecified atom stereocenters. The van der Waals surface area contributed by atoms with Gasteiger partial charge in [0.05, 0.1) is 0 Å². The summed E-state index contributed by atoms with van der Waals surface area (Å²) in [4.78, 5) is 3.82. The van der Waals surface area contributed by atoms with Crippen molar-refractivity contribution in [3.05, 3.63) is 35.9 Å². The first-order valence-electron chi connectivity index (χ1n) is 8.19. The summed E-state index contributed by atoms with van der Waals surface area (Å²) in [6, 6.07) is 9.03. The number of nitrogens with zero attached hydrogens (tertiary/aromatic N) is 1. The molecule has 0 aliphatic heterocycles. The minimum atomic E-state index is 0.794. The van der Waals surface area contributed by atoms with Crippen LogP contribution in [-0.4, -0.2) is 30.3 Å². The van der Waals surface area contributed by atoms with Gasteiger partial charge in [-0.15, -0.1) is 11.8 Å². The van der Waals surface area contributed by atoms with Crippen molar-refractivity contribution in [2.75, 3.05) is 25.4 Å². The highest BCUT2D eigenvalue weighted by Gasteiger charge is 2.01. The summed E-state index contributed by atoms with van der Waals surface area (Å²) in [7, 11) is 0. The number of hydrogen-bond donors (Lipinski definition) is 0. The Kier molecular flexibility index (Phi) is 8.79. The Morgan fingerprint density at radius 2 is 1.76 bits per heavy atom. The van der Waals surface area contributed by atoms with E-state index in [0.29, 0.717) is 0 Å². The molecule has 0 N–H and O–H groups in total. The Morgan fingerprint density at radius 3 is 2.29 bits per heavy atom. The molecule has 1 rings (SSSR count). The Bertz CT molecular complexity index is 416. The molecular weight excluding hydrogens is 274 g/mol. The number of rotatable bonds is 9. The summed E-state index contributed by atoms with van der Waals surface area (Å²) in [6.45, 7) is 14.5. The molecule has 1 nitrogen and oxygen atoms in total. The van der Waals surface area contributed by atoms with Gasteiger partial charge < -0.3 is 4.90 Å². The summed E-state index contributed by atoms with van der Waals surface area (Å²) in [5.74, 6) is 2.01. The van der Waals surface area contributed by atoms with Crippen LogP contribution in [0.3, 0.4) is 0 Å². The van der Waals surface area contributed by atoms with Crippen LogP contribution in [0, 0.1) is 5.92 Å². The van der Waals surface area contributed by atoms with Crippen molar-refractivity contribution in [2.45, 2.75) is 45.9 Å². The third kappa shape index (κ3) is 7.19. The molecule has 0 aromatic heterocycles. The van der Waals surface area contributed by atoms with E-state index in [2.05, 4.69) is 69.9 Å². The zero-order valence-corrected chi connectivity index (χ0v) is 15.2. The van der Waals surface area contributed by atoms with Crippen molar-refractivity contribution < 1.29 is 0 Å². The highest BCUT2D eigenvalue weighted by atomic mass is 32.2. The van der Waals surface area contributed by atoms with Crippen LogP contribution in [0.2, 0.25) is 0 Å². The number of allylic oxidation sites excluding steroid dienone is 1. The van der Waals surface area contributed by atoms with Crippen LogP contribution in [0.15, 0.2) is 35.2 Å². The average molecular weight is 306 g/mol. The van der Waals surface area contributed by atoms with Crippen LogP contribution >= 0.6 is 11.8 Å². The van der Waals surface area contributed by atoms with Crippen molar-refractivity contribution in [1.29, 1.82) is 0 Å². The zero-order chi connectivity index (χ0) is 15.7. The van der Waals surface area contributed by atoms with E-state index in [-0.39, 0.29) is 0 Å². The SMILES string of the molecule is CCN(CC)CC=C(C)c1ccc(SCCC(C)C)cc1. The molecule has 0 aliphatic rings. The van der Waals surface area contributed by atoms with Gasteiger partial charge in [0.1, 0.15) is 0 Å². The van der Waals surface area contributed by atoms with Gasteiger partial charge in [0.2, 0.25) is 0 Å². The minimum Gasteiger partial charge on any atom is -0.300 e. The van der Waals surface area contributed by atoms with Crippen molar-refractivity contribution in [2.24, 2.45) is 5.92 Å². The lowest BCUT2D eigenvalue weighted by Gasteiger charge is -2.16. The quantitative estimate of drug-likeness (QED) is 0.549. The van der Waals surface area contributed by atoms with Gasteiger partial charge in [-0.3, -0.25) is 0 Å². The average Bonchev–Trinajstić information content (AvgIpc) is 2.48. The van der Waals surface area contributed by atoms with E-state index in [4.69, 9.17) is 0 Å². The van der Waals surface area contributed by atoms with E-state index < -0.39 is 0 Å². The topological polar surface area (TPSA) is 3.24 Å². The molecule has 0 spiro atoms. The smallest absolute Gasteiger partial charge is 0.0168 e. The van der Waals surface area contributed by atoms with E-state index >= 15 is 0 Å². The molecule has 0 aliphatic carbocycles. The molecule has 0 bridgehead atoms. The molecule has 0 fully saturated rings. The molecule has 118 valence electrons. The predicted octanol–water partition coefficient (Wildman–Crippen LogP) is 5.57. The minimum absolute atomic E-state index is 0.794. The van der Waals surface area contributed by atoms with Crippen molar-refractivity contribution in [3.63, 3.8) is 0 Å². The Balaban J connectivity index is 2.54. The van der Waals surface area contributed by atoms with Crippen LogP contribution < -0.4 is 0 Å². The third-order valence-electron chi connectivity index (χ3n) is 3.82. The molecule has 0 saturated heterocycles. The maximum atomic E-state index is 2.43. The van der Waals surface area contributed by atoms with E-state index in [9.17, 15) is 0 Å². The van der Waals surface area contributed by atoms with Crippen LogP contribution in [0.1, 0.15) is 46.6 Å². The van der Waals surface area contributed by atoms with Gasteiger partial charge in [-0.25, -0.2) is 0 Å². The summed E-state index contributed by atoms with van der Waals surface area (Å²) < 4.78 is 0. The summed E-state index contributed by atoms with van der Waals surface area (Å²) >= 11 is 1.97. The number of likely N-dealkylation sites (N-methyl/N-ethyl adjacent to an activating group) is 1. The van der Waals surface area contributed by atoms with Gasteiger partial charge in [0.15, 0.2) is 0 Å². The zero-order valence-electron chi connectivity index (χ0n) is 14.4. The lowest BCUT2D eigenvalue weighted by atomic mass is 10.1. The fourth-order valence-electron chi connectivity index (χ4n) is 2.09. The lowest BCUT2D eigenvalue weighted by Crippen LogP contribution is -2.22. The maximum absolute atomic E-state index is 2.43.